The molecule has 0 bridgehead atoms. The number of rotatable bonds is 3. The molecule has 1 aliphatic carbocycles. The van der Waals surface area contributed by atoms with Crippen molar-refractivity contribution in [2.45, 2.75) is 46.1 Å². The van der Waals surface area contributed by atoms with Crippen LogP contribution in [0.4, 0.5) is 0 Å². The second-order valence-corrected chi connectivity index (χ2v) is 5.12. The number of allylic oxidation sites excluding steroid dienone is 1. The van der Waals surface area contributed by atoms with Crippen LogP contribution in [0.5, 0.6) is 0 Å². The number of hydrogen-bond donors (Lipinski definition) is 0. The van der Waals surface area contributed by atoms with Gasteiger partial charge in [-0.3, -0.25) is 4.79 Å². The molecule has 4 nitrogen and oxygen atoms in total. The largest absolute Gasteiger partial charge is 0.463 e. The van der Waals surface area contributed by atoms with Crippen LogP contribution in [0.3, 0.4) is 0 Å². The van der Waals surface area contributed by atoms with E-state index in [2.05, 4.69) is 0 Å². The minimum Gasteiger partial charge on any atom is -0.463 e. The molecule has 17 heavy (non-hydrogen) atoms. The van der Waals surface area contributed by atoms with Crippen molar-refractivity contribution in [1.82, 2.24) is 0 Å². The monoisotopic (exact) mass is 240 g/mol. The summed E-state index contributed by atoms with van der Waals surface area (Å²) in [6.07, 6.45) is 2.75. The molecule has 0 unspecified atom stereocenters. The van der Waals surface area contributed by atoms with E-state index in [1.165, 1.54) is 0 Å². The van der Waals surface area contributed by atoms with Gasteiger partial charge in [0, 0.05) is 5.57 Å². The molecule has 0 saturated carbocycles. The Morgan fingerprint density at radius 3 is 2.59 bits per heavy atom. The Morgan fingerprint density at radius 2 is 2.06 bits per heavy atom. The number of carbonyl (C=O) groups excluding carboxylic acids is 2. The van der Waals surface area contributed by atoms with Gasteiger partial charge in [0.25, 0.3) is 0 Å². The third-order valence-electron chi connectivity index (χ3n) is 2.39. The van der Waals surface area contributed by atoms with Crippen molar-refractivity contribution in [3.05, 3.63) is 11.6 Å². The van der Waals surface area contributed by atoms with E-state index in [4.69, 9.17) is 9.47 Å². The van der Waals surface area contributed by atoms with Crippen LogP contribution in [0.15, 0.2) is 11.6 Å². The first-order valence-corrected chi connectivity index (χ1v) is 5.92. The predicted molar refractivity (Wildman–Crippen MR) is 63.3 cm³/mol. The average Bonchev–Trinajstić information content (AvgIpc) is 2.63. The summed E-state index contributed by atoms with van der Waals surface area (Å²) in [7, 11) is 0. The molecular formula is C13H20O4. The standard InChI is InChI=1S/C13H20O4/c1-5-16-11(14)9-6-7-10(8-9)12(15)17-13(2,3)4/h6,10H,5,7-8H2,1-4H3/t10-/m1/s1. The van der Waals surface area contributed by atoms with Gasteiger partial charge < -0.3 is 9.47 Å². The number of hydrogen-bond acceptors (Lipinski definition) is 4. The van der Waals surface area contributed by atoms with E-state index in [0.717, 1.165) is 0 Å². The van der Waals surface area contributed by atoms with Gasteiger partial charge in [-0.1, -0.05) is 6.08 Å². The molecule has 0 amide bonds. The van der Waals surface area contributed by atoms with Gasteiger partial charge in [0.05, 0.1) is 12.5 Å². The fraction of sp³-hybridized carbons (Fsp3) is 0.692. The fourth-order valence-corrected chi connectivity index (χ4v) is 1.67. The van der Waals surface area contributed by atoms with Gasteiger partial charge in [-0.05, 0) is 40.5 Å². The van der Waals surface area contributed by atoms with Crippen molar-refractivity contribution in [1.29, 1.82) is 0 Å². The number of ether oxygens (including phenoxy) is 2. The molecule has 1 atom stereocenters. The Bertz CT molecular complexity index is 336. The highest BCUT2D eigenvalue weighted by Gasteiger charge is 2.31. The number of carbonyl (C=O) groups is 2. The van der Waals surface area contributed by atoms with Gasteiger partial charge >= 0.3 is 11.9 Å². The summed E-state index contributed by atoms with van der Waals surface area (Å²) in [6.45, 7) is 7.62. The quantitative estimate of drug-likeness (QED) is 0.710. The van der Waals surface area contributed by atoms with Crippen molar-refractivity contribution in [3.8, 4) is 0 Å². The summed E-state index contributed by atoms with van der Waals surface area (Å²) in [6, 6.07) is 0. The lowest BCUT2D eigenvalue weighted by atomic mass is 10.1. The normalized spacial score (nSPS) is 19.8. The van der Waals surface area contributed by atoms with Gasteiger partial charge in [0.1, 0.15) is 5.60 Å². The van der Waals surface area contributed by atoms with Crippen LogP contribution >= 0.6 is 0 Å². The highest BCUT2D eigenvalue weighted by molar-refractivity contribution is 5.90. The van der Waals surface area contributed by atoms with Crippen LogP contribution < -0.4 is 0 Å². The first kappa shape index (κ1) is 13.7. The van der Waals surface area contributed by atoms with Crippen molar-refractivity contribution in [2.75, 3.05) is 6.61 Å². The molecule has 0 aromatic rings. The molecular weight excluding hydrogens is 220 g/mol. The molecule has 0 fully saturated rings. The van der Waals surface area contributed by atoms with E-state index >= 15 is 0 Å². The van der Waals surface area contributed by atoms with E-state index in [1.54, 1.807) is 13.0 Å². The molecule has 0 aromatic heterocycles. The van der Waals surface area contributed by atoms with Crippen molar-refractivity contribution >= 4 is 11.9 Å². The summed E-state index contributed by atoms with van der Waals surface area (Å²) in [4.78, 5) is 23.2. The highest BCUT2D eigenvalue weighted by atomic mass is 16.6. The highest BCUT2D eigenvalue weighted by Crippen LogP contribution is 2.28. The zero-order chi connectivity index (χ0) is 13.1. The minimum atomic E-state index is -0.482. The van der Waals surface area contributed by atoms with Crippen LogP contribution in [0.1, 0.15) is 40.5 Å². The van der Waals surface area contributed by atoms with Crippen molar-refractivity contribution in [3.63, 3.8) is 0 Å². The summed E-state index contributed by atoms with van der Waals surface area (Å²) in [5, 5.41) is 0. The Kier molecular flexibility index (Phi) is 4.32. The van der Waals surface area contributed by atoms with Crippen LogP contribution in [0, 0.1) is 5.92 Å². The fourth-order valence-electron chi connectivity index (χ4n) is 1.67. The van der Waals surface area contributed by atoms with Crippen molar-refractivity contribution < 1.29 is 19.1 Å². The SMILES string of the molecule is CCOC(=O)C1=CC[C@@H](C(=O)OC(C)(C)C)C1. The zero-order valence-electron chi connectivity index (χ0n) is 10.9. The second-order valence-electron chi connectivity index (χ2n) is 5.12. The van der Waals surface area contributed by atoms with Crippen LogP contribution in [0.25, 0.3) is 0 Å². The molecule has 0 saturated heterocycles. The molecule has 1 rings (SSSR count). The van der Waals surface area contributed by atoms with E-state index in [-0.39, 0.29) is 17.9 Å². The van der Waals surface area contributed by atoms with E-state index in [9.17, 15) is 9.59 Å². The topological polar surface area (TPSA) is 52.6 Å². The summed E-state index contributed by atoms with van der Waals surface area (Å²) in [5.41, 5.74) is 0.103. The van der Waals surface area contributed by atoms with Gasteiger partial charge in [-0.2, -0.15) is 0 Å². The predicted octanol–water partition coefficient (Wildman–Crippen LogP) is 2.23. The van der Waals surface area contributed by atoms with Crippen LogP contribution in [-0.4, -0.2) is 24.1 Å². The first-order valence-electron chi connectivity index (χ1n) is 5.92. The maximum Gasteiger partial charge on any atom is 0.333 e. The van der Waals surface area contributed by atoms with Gasteiger partial charge in [0.2, 0.25) is 0 Å². The van der Waals surface area contributed by atoms with Gasteiger partial charge in [0.15, 0.2) is 0 Å². The summed E-state index contributed by atoms with van der Waals surface area (Å²) >= 11 is 0. The Balaban J connectivity index is 2.48. The minimum absolute atomic E-state index is 0.242. The van der Waals surface area contributed by atoms with E-state index in [1.807, 2.05) is 20.8 Å². The lowest BCUT2D eigenvalue weighted by Crippen LogP contribution is -2.28. The average molecular weight is 240 g/mol. The molecule has 1 aliphatic rings. The molecule has 96 valence electrons. The smallest absolute Gasteiger partial charge is 0.333 e. The van der Waals surface area contributed by atoms with Crippen LogP contribution in [0.2, 0.25) is 0 Å². The first-order chi connectivity index (χ1) is 7.83. The van der Waals surface area contributed by atoms with Crippen LogP contribution in [-0.2, 0) is 19.1 Å². The Morgan fingerprint density at radius 1 is 1.41 bits per heavy atom. The third-order valence-corrected chi connectivity index (χ3v) is 2.39. The Labute approximate surface area is 102 Å². The Hall–Kier alpha value is -1.32. The van der Waals surface area contributed by atoms with Crippen molar-refractivity contribution in [2.24, 2.45) is 5.92 Å². The molecule has 0 heterocycles. The molecule has 0 N–H and O–H groups in total. The molecule has 4 heteroatoms. The van der Waals surface area contributed by atoms with E-state index < -0.39 is 5.60 Å². The zero-order valence-corrected chi connectivity index (χ0v) is 10.9. The van der Waals surface area contributed by atoms with Gasteiger partial charge in [-0.15, -0.1) is 0 Å². The lowest BCUT2D eigenvalue weighted by molar-refractivity contribution is -0.159. The van der Waals surface area contributed by atoms with Gasteiger partial charge in [-0.25, -0.2) is 4.79 Å². The molecule has 0 aromatic carbocycles. The maximum absolute atomic E-state index is 11.8. The summed E-state index contributed by atoms with van der Waals surface area (Å²) in [5.74, 6) is -0.805. The molecule has 0 spiro atoms. The third kappa shape index (κ3) is 4.21. The van der Waals surface area contributed by atoms with E-state index in [0.29, 0.717) is 25.0 Å². The summed E-state index contributed by atoms with van der Waals surface area (Å²) < 4.78 is 10.2. The molecule has 0 radical (unpaired) electrons. The molecule has 0 aliphatic heterocycles. The second kappa shape index (κ2) is 5.34. The maximum atomic E-state index is 11.8. The number of esters is 2. The lowest BCUT2D eigenvalue weighted by Gasteiger charge is -2.22.